The molecule has 2 fully saturated rings. The van der Waals surface area contributed by atoms with E-state index in [-0.39, 0.29) is 29.3 Å². The van der Waals surface area contributed by atoms with Crippen LogP contribution >= 0.6 is 0 Å². The monoisotopic (exact) mass is 239 g/mol. The number of hydrogen-bond donors (Lipinski definition) is 0. The Labute approximate surface area is 105 Å². The molecule has 0 N–H and O–H groups in total. The summed E-state index contributed by atoms with van der Waals surface area (Å²) in [6.45, 7) is 16.8. The Bertz CT molecular complexity index is 318. The second kappa shape index (κ2) is 3.22. The van der Waals surface area contributed by atoms with Crippen molar-refractivity contribution in [1.29, 1.82) is 0 Å². The van der Waals surface area contributed by atoms with Gasteiger partial charge >= 0.3 is 7.12 Å². The van der Waals surface area contributed by atoms with E-state index in [0.29, 0.717) is 0 Å². The first-order valence-electron chi connectivity index (χ1n) is 6.33. The third-order valence-electron chi connectivity index (χ3n) is 4.95. The Hall–Kier alpha value is -0.185. The zero-order valence-corrected chi connectivity index (χ0v) is 12.3. The lowest BCUT2D eigenvalue weighted by atomic mass is 9.55. The molecule has 96 valence electrons. The van der Waals surface area contributed by atoms with E-state index in [9.17, 15) is 0 Å². The zero-order valence-electron chi connectivity index (χ0n) is 12.3. The van der Waals surface area contributed by atoms with E-state index in [4.69, 9.17) is 14.0 Å². The van der Waals surface area contributed by atoms with Crippen LogP contribution in [0.15, 0.2) is 0 Å². The maximum absolute atomic E-state index is 6.01. The van der Waals surface area contributed by atoms with Crippen LogP contribution in [0, 0.1) is 11.4 Å². The first-order valence-corrected chi connectivity index (χ1v) is 6.33. The summed E-state index contributed by atoms with van der Waals surface area (Å²) in [5.74, 6) is 0. The molecule has 0 radical (unpaired) electrons. The molecule has 2 aliphatic rings. The molecule has 2 aliphatic heterocycles. The summed E-state index contributed by atoms with van der Waals surface area (Å²) in [7, 11) is -0.344. The molecular formula is C13H24BO3+. The summed E-state index contributed by atoms with van der Waals surface area (Å²) >= 11 is 0. The van der Waals surface area contributed by atoms with Gasteiger partial charge in [-0.3, -0.25) is 0 Å². The van der Waals surface area contributed by atoms with Crippen LogP contribution in [-0.4, -0.2) is 23.9 Å². The van der Waals surface area contributed by atoms with Crippen molar-refractivity contribution in [3.8, 4) is 0 Å². The largest absolute Gasteiger partial charge is 0.760 e. The number of rotatable bonds is 1. The number of hydrogen-bond acceptors (Lipinski definition) is 3. The van der Waals surface area contributed by atoms with Crippen LogP contribution in [-0.2, 0) is 14.0 Å². The quantitative estimate of drug-likeness (QED) is 0.520. The third-order valence-corrected chi connectivity index (χ3v) is 4.95. The smallest absolute Gasteiger partial charge is 0.357 e. The minimum atomic E-state index is -0.344. The van der Waals surface area contributed by atoms with Crippen molar-refractivity contribution >= 4 is 7.12 Å². The standard InChI is InChI=1S/C13H24BO3/c1-10(2)9(15-11(10,3)4)14-16-12(5,6)13(7,8)17-14/h1-8H3/q+1. The molecule has 0 atom stereocenters. The second-order valence-electron chi connectivity index (χ2n) is 7.19. The van der Waals surface area contributed by atoms with Crippen LogP contribution in [0.3, 0.4) is 0 Å². The fourth-order valence-corrected chi connectivity index (χ4v) is 2.07. The van der Waals surface area contributed by atoms with Gasteiger partial charge in [-0.2, -0.15) is 4.74 Å². The van der Waals surface area contributed by atoms with Crippen LogP contribution in [0.2, 0.25) is 0 Å². The van der Waals surface area contributed by atoms with Crippen LogP contribution in [0.5, 0.6) is 0 Å². The highest BCUT2D eigenvalue weighted by Gasteiger charge is 2.78. The summed E-state index contributed by atoms with van der Waals surface area (Å²) in [6, 6.07) is 0.918. The van der Waals surface area contributed by atoms with Crippen LogP contribution in [0.4, 0.5) is 0 Å². The highest BCUT2D eigenvalue weighted by molar-refractivity contribution is 6.52. The summed E-state index contributed by atoms with van der Waals surface area (Å²) in [6.07, 6.45) is 0. The average Bonchev–Trinajstić information content (AvgIpc) is 2.32. The van der Waals surface area contributed by atoms with Gasteiger partial charge in [0.2, 0.25) is 0 Å². The summed E-state index contributed by atoms with van der Waals surface area (Å²) in [5.41, 5.74) is -0.770. The van der Waals surface area contributed by atoms with Crippen molar-refractivity contribution in [2.45, 2.75) is 72.2 Å². The molecule has 0 amide bonds. The van der Waals surface area contributed by atoms with E-state index >= 15 is 0 Å². The molecule has 2 saturated heterocycles. The van der Waals surface area contributed by atoms with Gasteiger partial charge < -0.3 is 9.31 Å². The fraction of sp³-hybridized carbons (Fsp3) is 0.923. The van der Waals surface area contributed by atoms with Crippen molar-refractivity contribution in [3.05, 3.63) is 6.00 Å². The Morgan fingerprint density at radius 1 is 0.706 bits per heavy atom. The lowest BCUT2D eigenvalue weighted by Gasteiger charge is -2.46. The molecule has 0 aromatic carbocycles. The van der Waals surface area contributed by atoms with Gasteiger partial charge in [0, 0.05) is 0 Å². The lowest BCUT2D eigenvalue weighted by molar-refractivity contribution is -0.204. The molecule has 17 heavy (non-hydrogen) atoms. The Morgan fingerprint density at radius 3 is 1.41 bits per heavy atom. The Morgan fingerprint density at radius 2 is 1.12 bits per heavy atom. The van der Waals surface area contributed by atoms with E-state index < -0.39 is 0 Å². The molecular weight excluding hydrogens is 215 g/mol. The first kappa shape index (κ1) is 13.3. The minimum Gasteiger partial charge on any atom is -0.357 e. The van der Waals surface area contributed by atoms with Crippen molar-refractivity contribution in [3.63, 3.8) is 0 Å². The molecule has 0 saturated carbocycles. The fourth-order valence-electron chi connectivity index (χ4n) is 2.07. The summed E-state index contributed by atoms with van der Waals surface area (Å²) in [4.78, 5) is 0. The van der Waals surface area contributed by atoms with E-state index in [1.165, 1.54) is 0 Å². The summed E-state index contributed by atoms with van der Waals surface area (Å²) in [5, 5.41) is 0. The van der Waals surface area contributed by atoms with Crippen LogP contribution in [0.1, 0.15) is 55.4 Å². The molecule has 0 unspecified atom stereocenters. The minimum absolute atomic E-state index is 0.0197. The van der Waals surface area contributed by atoms with Gasteiger partial charge in [0.1, 0.15) is 0 Å². The van der Waals surface area contributed by atoms with Crippen LogP contribution < -0.4 is 0 Å². The van der Waals surface area contributed by atoms with Crippen molar-refractivity contribution in [2.75, 3.05) is 0 Å². The molecule has 2 heterocycles. The van der Waals surface area contributed by atoms with Gasteiger partial charge in [0.05, 0.1) is 11.2 Å². The second-order valence-corrected chi connectivity index (χ2v) is 7.19. The normalized spacial score (nSPS) is 32.5. The van der Waals surface area contributed by atoms with Crippen LogP contribution in [0.25, 0.3) is 0 Å². The molecule has 0 aliphatic carbocycles. The SMILES string of the molecule is CC1(C)OB([C+]2OC(C)(C)C2(C)C)OC1(C)C. The zero-order chi connectivity index (χ0) is 13.3. The van der Waals surface area contributed by atoms with E-state index in [1.54, 1.807) is 0 Å². The third kappa shape index (κ3) is 1.65. The van der Waals surface area contributed by atoms with Gasteiger partial charge in [-0.05, 0) is 55.4 Å². The number of ether oxygens (including phenoxy) is 1. The van der Waals surface area contributed by atoms with Gasteiger partial charge in [-0.15, -0.1) is 0 Å². The van der Waals surface area contributed by atoms with E-state index in [0.717, 1.165) is 6.00 Å². The molecule has 4 heteroatoms. The lowest BCUT2D eigenvalue weighted by Crippen LogP contribution is -2.63. The van der Waals surface area contributed by atoms with Gasteiger partial charge in [-0.25, -0.2) is 0 Å². The van der Waals surface area contributed by atoms with Crippen molar-refractivity contribution < 1.29 is 14.0 Å². The van der Waals surface area contributed by atoms with E-state index in [1.807, 2.05) is 0 Å². The predicted molar refractivity (Wildman–Crippen MR) is 68.3 cm³/mol. The first-order chi connectivity index (χ1) is 7.41. The van der Waals surface area contributed by atoms with Crippen molar-refractivity contribution in [2.24, 2.45) is 5.41 Å². The highest BCUT2D eigenvalue weighted by atomic mass is 16.7. The Kier molecular flexibility index (Phi) is 2.51. The Balaban J connectivity index is 2.14. The maximum atomic E-state index is 6.01. The topological polar surface area (TPSA) is 27.7 Å². The molecule has 2 rings (SSSR count). The van der Waals surface area contributed by atoms with Gasteiger partial charge in [0.25, 0.3) is 6.00 Å². The average molecular weight is 239 g/mol. The summed E-state index contributed by atoms with van der Waals surface area (Å²) < 4.78 is 17.9. The molecule has 3 nitrogen and oxygen atoms in total. The molecule has 0 aromatic rings. The van der Waals surface area contributed by atoms with Gasteiger partial charge in [0.15, 0.2) is 11.0 Å². The molecule has 0 spiro atoms. The highest BCUT2D eigenvalue weighted by Crippen LogP contribution is 2.57. The predicted octanol–water partition coefficient (Wildman–Crippen LogP) is 2.98. The molecule has 0 bridgehead atoms. The molecule has 0 aromatic heterocycles. The van der Waals surface area contributed by atoms with Gasteiger partial charge in [-0.1, -0.05) is 0 Å². The maximum Gasteiger partial charge on any atom is 0.760 e. The van der Waals surface area contributed by atoms with Crippen molar-refractivity contribution in [1.82, 2.24) is 0 Å². The van der Waals surface area contributed by atoms with E-state index in [2.05, 4.69) is 55.4 Å².